The van der Waals surface area contributed by atoms with Gasteiger partial charge in [-0.1, -0.05) is 24.1 Å². The standard InChI is InChI=1S/C21H24N5O5P/c1-3-21(12-30-32(28)31-15-8-6-5-7-9-15)11-14(10-16(21)27)26-13-23-17-18(26)24-20(22)25-19(17)29-4-2/h1,5-9,13-14,16,27,32H,4,10-12H2,2H3,(H2,22,24,25)/t14-,16-,21+/m0/s1. The molecule has 3 N–H and O–H groups in total. The highest BCUT2D eigenvalue weighted by Gasteiger charge is 2.47. The molecule has 1 aliphatic rings. The molecule has 0 aliphatic heterocycles. The summed E-state index contributed by atoms with van der Waals surface area (Å²) < 4.78 is 30.4. The second-order valence-electron chi connectivity index (χ2n) is 7.51. The Balaban J connectivity index is 1.52. The first kappa shape index (κ1) is 22.1. The molecule has 1 saturated carbocycles. The summed E-state index contributed by atoms with van der Waals surface area (Å²) in [6, 6.07) is 8.48. The molecule has 1 unspecified atom stereocenters. The third-order valence-corrected chi connectivity index (χ3v) is 6.28. The number of aliphatic hydroxyl groups is 1. The number of aliphatic hydroxyl groups excluding tert-OH is 1. The van der Waals surface area contributed by atoms with Gasteiger partial charge >= 0.3 is 8.25 Å². The van der Waals surface area contributed by atoms with Crippen molar-refractivity contribution < 1.29 is 23.5 Å². The maximum Gasteiger partial charge on any atom is 0.367 e. The van der Waals surface area contributed by atoms with Gasteiger partial charge in [-0.15, -0.1) is 6.42 Å². The Morgan fingerprint density at radius 2 is 2.16 bits per heavy atom. The van der Waals surface area contributed by atoms with Crippen LogP contribution in [-0.2, 0) is 9.09 Å². The first-order valence-electron chi connectivity index (χ1n) is 10.1. The van der Waals surface area contributed by atoms with Crippen LogP contribution >= 0.6 is 8.25 Å². The van der Waals surface area contributed by atoms with E-state index in [0.717, 1.165) is 0 Å². The number of aromatic nitrogens is 4. The van der Waals surface area contributed by atoms with Crippen molar-refractivity contribution in [3.05, 3.63) is 36.7 Å². The van der Waals surface area contributed by atoms with E-state index in [0.29, 0.717) is 42.2 Å². The van der Waals surface area contributed by atoms with Gasteiger partial charge in [-0.25, -0.2) is 9.55 Å². The van der Waals surface area contributed by atoms with Crippen molar-refractivity contribution in [3.63, 3.8) is 0 Å². The zero-order chi connectivity index (χ0) is 22.7. The van der Waals surface area contributed by atoms with E-state index in [1.807, 2.05) is 17.6 Å². The Bertz CT molecular complexity index is 1160. The summed E-state index contributed by atoms with van der Waals surface area (Å²) in [6.07, 6.45) is 7.23. The van der Waals surface area contributed by atoms with E-state index in [1.165, 1.54) is 0 Å². The van der Waals surface area contributed by atoms with Crippen molar-refractivity contribution in [2.45, 2.75) is 31.9 Å². The number of hydrogen-bond donors (Lipinski definition) is 2. The molecular weight excluding hydrogens is 433 g/mol. The highest BCUT2D eigenvalue weighted by molar-refractivity contribution is 7.33. The maximum absolute atomic E-state index is 12.3. The van der Waals surface area contributed by atoms with Crippen molar-refractivity contribution in [2.24, 2.45) is 5.41 Å². The van der Waals surface area contributed by atoms with Gasteiger partial charge in [-0.3, -0.25) is 0 Å². The molecule has 2 heterocycles. The van der Waals surface area contributed by atoms with Crippen LogP contribution in [0, 0.1) is 17.8 Å². The molecule has 0 amide bonds. The van der Waals surface area contributed by atoms with Gasteiger partial charge < -0.3 is 29.2 Å². The first-order chi connectivity index (χ1) is 15.5. The zero-order valence-corrected chi connectivity index (χ0v) is 18.5. The molecule has 1 fully saturated rings. The summed E-state index contributed by atoms with van der Waals surface area (Å²) >= 11 is 0. The van der Waals surface area contributed by atoms with E-state index >= 15 is 0 Å². The number of ether oxygens (including phenoxy) is 1. The number of nitrogen functional groups attached to an aromatic ring is 1. The van der Waals surface area contributed by atoms with Crippen molar-refractivity contribution in [2.75, 3.05) is 18.9 Å². The Hall–Kier alpha value is -3.12. The van der Waals surface area contributed by atoms with Crippen LogP contribution in [0.4, 0.5) is 5.95 Å². The van der Waals surface area contributed by atoms with Crippen LogP contribution in [0.15, 0.2) is 36.7 Å². The van der Waals surface area contributed by atoms with Crippen molar-refractivity contribution >= 4 is 25.4 Å². The van der Waals surface area contributed by atoms with Crippen LogP contribution in [0.5, 0.6) is 11.6 Å². The van der Waals surface area contributed by atoms with Gasteiger partial charge in [-0.05, 0) is 31.9 Å². The number of hydrogen-bond acceptors (Lipinski definition) is 9. The third-order valence-electron chi connectivity index (χ3n) is 5.49. The summed E-state index contributed by atoms with van der Waals surface area (Å²) in [5, 5.41) is 10.8. The monoisotopic (exact) mass is 457 g/mol. The third kappa shape index (κ3) is 4.28. The number of para-hydroxylation sites is 1. The lowest BCUT2D eigenvalue weighted by Gasteiger charge is -2.26. The lowest BCUT2D eigenvalue weighted by atomic mass is 9.86. The fourth-order valence-electron chi connectivity index (χ4n) is 3.90. The van der Waals surface area contributed by atoms with E-state index in [9.17, 15) is 9.67 Å². The number of imidazole rings is 1. The fourth-order valence-corrected chi connectivity index (χ4v) is 4.66. The smallest absolute Gasteiger partial charge is 0.367 e. The van der Waals surface area contributed by atoms with Crippen LogP contribution in [0.25, 0.3) is 11.2 Å². The van der Waals surface area contributed by atoms with Crippen LogP contribution in [0.1, 0.15) is 25.8 Å². The van der Waals surface area contributed by atoms with Gasteiger partial charge in [0.25, 0.3) is 0 Å². The molecule has 168 valence electrons. The van der Waals surface area contributed by atoms with E-state index in [4.69, 9.17) is 25.9 Å². The first-order valence-corrected chi connectivity index (χ1v) is 11.4. The molecule has 0 spiro atoms. The minimum absolute atomic E-state index is 0.0597. The summed E-state index contributed by atoms with van der Waals surface area (Å²) in [7, 11) is -2.85. The Kier molecular flexibility index (Phi) is 6.33. The van der Waals surface area contributed by atoms with Gasteiger partial charge in [0.2, 0.25) is 11.8 Å². The van der Waals surface area contributed by atoms with Gasteiger partial charge in [0.1, 0.15) is 5.75 Å². The second kappa shape index (κ2) is 9.17. The second-order valence-corrected chi connectivity index (χ2v) is 8.50. The van der Waals surface area contributed by atoms with Crippen LogP contribution < -0.4 is 15.0 Å². The molecule has 1 aliphatic carbocycles. The van der Waals surface area contributed by atoms with E-state index in [2.05, 4.69) is 20.9 Å². The van der Waals surface area contributed by atoms with E-state index in [-0.39, 0.29) is 18.6 Å². The minimum Gasteiger partial charge on any atom is -0.476 e. The molecule has 3 aromatic rings. The predicted octanol–water partition coefficient (Wildman–Crippen LogP) is 2.61. The quantitative estimate of drug-likeness (QED) is 0.386. The Labute approximate surface area is 185 Å². The largest absolute Gasteiger partial charge is 0.476 e. The van der Waals surface area contributed by atoms with Crippen LogP contribution in [-0.4, -0.2) is 43.9 Å². The van der Waals surface area contributed by atoms with Gasteiger partial charge in [0, 0.05) is 6.04 Å². The van der Waals surface area contributed by atoms with Crippen LogP contribution in [0.3, 0.4) is 0 Å². The minimum atomic E-state index is -2.85. The lowest BCUT2D eigenvalue weighted by Crippen LogP contribution is -2.32. The molecule has 0 bridgehead atoms. The molecule has 0 radical (unpaired) electrons. The van der Waals surface area contributed by atoms with Crippen molar-refractivity contribution in [3.8, 4) is 24.0 Å². The molecule has 10 nitrogen and oxygen atoms in total. The molecule has 2 aromatic heterocycles. The fraction of sp³-hybridized carbons (Fsp3) is 0.381. The zero-order valence-electron chi connectivity index (χ0n) is 17.5. The summed E-state index contributed by atoms with van der Waals surface area (Å²) in [5.41, 5.74) is 5.78. The molecule has 11 heteroatoms. The predicted molar refractivity (Wildman–Crippen MR) is 118 cm³/mol. The van der Waals surface area contributed by atoms with Crippen LogP contribution in [0.2, 0.25) is 0 Å². The van der Waals surface area contributed by atoms with Gasteiger partial charge in [0.15, 0.2) is 11.2 Å². The summed E-state index contributed by atoms with van der Waals surface area (Å²) in [4.78, 5) is 12.8. The van der Waals surface area contributed by atoms with E-state index in [1.54, 1.807) is 30.6 Å². The molecule has 4 rings (SSSR count). The Morgan fingerprint density at radius 1 is 1.38 bits per heavy atom. The molecule has 1 aromatic carbocycles. The molecule has 32 heavy (non-hydrogen) atoms. The topological polar surface area (TPSA) is 135 Å². The highest BCUT2D eigenvalue weighted by Crippen LogP contribution is 2.47. The number of fused-ring (bicyclic) bond motifs is 1. The molecule has 0 saturated heterocycles. The van der Waals surface area contributed by atoms with Gasteiger partial charge in [0.05, 0.1) is 31.1 Å². The molecular formula is C21H24N5O5P. The lowest BCUT2D eigenvalue weighted by molar-refractivity contribution is 0.0552. The Morgan fingerprint density at radius 3 is 2.88 bits per heavy atom. The SMILES string of the molecule is C#C[C@]1(CO[PH](=O)Oc2ccccc2)C[C@@H](n2cnc3c(OCC)nc(N)nc32)C[C@@H]1O. The number of terminal acetylenes is 1. The number of nitrogens with zero attached hydrogens (tertiary/aromatic N) is 4. The average Bonchev–Trinajstić information content (AvgIpc) is 3.34. The highest BCUT2D eigenvalue weighted by atomic mass is 31.1. The van der Waals surface area contributed by atoms with Crippen molar-refractivity contribution in [1.82, 2.24) is 19.5 Å². The average molecular weight is 457 g/mol. The molecule has 4 atom stereocenters. The number of nitrogens with two attached hydrogens (primary N) is 1. The number of benzene rings is 1. The van der Waals surface area contributed by atoms with Gasteiger partial charge in [-0.2, -0.15) is 9.97 Å². The summed E-state index contributed by atoms with van der Waals surface area (Å²) in [6.45, 7) is 2.13. The summed E-state index contributed by atoms with van der Waals surface area (Å²) in [5.74, 6) is 3.46. The van der Waals surface area contributed by atoms with Crippen molar-refractivity contribution in [1.29, 1.82) is 0 Å². The maximum atomic E-state index is 12.3. The number of rotatable bonds is 8. The van der Waals surface area contributed by atoms with E-state index < -0.39 is 19.8 Å². The number of anilines is 1. The normalized spacial score (nSPS) is 23.7.